The van der Waals surface area contributed by atoms with Gasteiger partial charge in [0.05, 0.1) is 30.3 Å². The minimum atomic E-state index is 0.124. The molecule has 0 N–H and O–H groups in total. The molecular weight excluding hydrogens is 338 g/mol. The first-order valence-electron chi connectivity index (χ1n) is 9.71. The van der Waals surface area contributed by atoms with Crippen LogP contribution in [0, 0.1) is 17.8 Å². The van der Waals surface area contributed by atoms with Crippen molar-refractivity contribution in [3.8, 4) is 11.4 Å². The lowest BCUT2D eigenvalue weighted by Crippen LogP contribution is -2.37. The molecule has 0 radical (unpaired) electrons. The summed E-state index contributed by atoms with van der Waals surface area (Å²) in [5, 5.41) is 4.49. The molecule has 2 bridgehead atoms. The molecule has 1 saturated carbocycles. The Bertz CT molecular complexity index is 868. The number of benzene rings is 1. The number of likely N-dealkylation sites (tertiary alicyclic amines) is 1. The summed E-state index contributed by atoms with van der Waals surface area (Å²) in [5.74, 6) is 0.929. The number of rotatable bonds is 3. The van der Waals surface area contributed by atoms with Crippen molar-refractivity contribution in [2.75, 3.05) is 13.7 Å². The molecule has 0 spiro atoms. The Balaban J connectivity index is 1.61. The number of fused-ring (bicyclic) bond motifs is 2. The Kier molecular flexibility index (Phi) is 4.09. The topological polar surface area (TPSA) is 47.4 Å². The highest BCUT2D eigenvalue weighted by molar-refractivity contribution is 5.95. The third kappa shape index (κ3) is 3.13. The van der Waals surface area contributed by atoms with Crippen molar-refractivity contribution in [2.24, 2.45) is 10.8 Å². The molecule has 1 aliphatic carbocycles. The molecule has 5 nitrogen and oxygen atoms in total. The largest absolute Gasteiger partial charge is 0.497 e. The second-order valence-electron chi connectivity index (χ2n) is 9.40. The van der Waals surface area contributed by atoms with Gasteiger partial charge >= 0.3 is 0 Å². The molecule has 2 heterocycles. The van der Waals surface area contributed by atoms with Crippen LogP contribution in [-0.4, -0.2) is 40.3 Å². The van der Waals surface area contributed by atoms with Gasteiger partial charge in [0.25, 0.3) is 5.91 Å². The van der Waals surface area contributed by atoms with Crippen LogP contribution >= 0.6 is 0 Å². The standard InChI is InChI=1S/C22H29N3O2/c1-15-19(12-23-25(15)16-6-8-18(27-5)9-7-16)20(26)24-14-22(4)11-17(24)10-21(2,3)13-22/h6-9,12,17H,10-11,13-14H2,1-5H3. The van der Waals surface area contributed by atoms with Crippen LogP contribution in [0.2, 0.25) is 0 Å². The zero-order chi connectivity index (χ0) is 19.4. The molecule has 2 atom stereocenters. The van der Waals surface area contributed by atoms with E-state index in [0.29, 0.717) is 17.0 Å². The molecular formula is C22H29N3O2. The summed E-state index contributed by atoms with van der Waals surface area (Å²) in [6, 6.07) is 8.07. The van der Waals surface area contributed by atoms with E-state index in [1.54, 1.807) is 13.3 Å². The van der Waals surface area contributed by atoms with Crippen LogP contribution in [0.3, 0.4) is 0 Å². The van der Waals surface area contributed by atoms with Gasteiger partial charge in [-0.15, -0.1) is 0 Å². The Morgan fingerprint density at radius 2 is 1.89 bits per heavy atom. The predicted molar refractivity (Wildman–Crippen MR) is 105 cm³/mol. The van der Waals surface area contributed by atoms with E-state index in [1.165, 1.54) is 6.42 Å². The lowest BCUT2D eigenvalue weighted by molar-refractivity contribution is 0.0707. The van der Waals surface area contributed by atoms with Gasteiger partial charge in [0, 0.05) is 12.6 Å². The Hall–Kier alpha value is -2.30. The van der Waals surface area contributed by atoms with Gasteiger partial charge in [-0.05, 0) is 61.3 Å². The van der Waals surface area contributed by atoms with Crippen molar-refractivity contribution >= 4 is 5.91 Å². The highest BCUT2D eigenvalue weighted by Gasteiger charge is 2.51. The summed E-state index contributed by atoms with van der Waals surface area (Å²) < 4.78 is 7.06. The molecule has 1 aromatic carbocycles. The normalized spacial score (nSPS) is 26.3. The van der Waals surface area contributed by atoms with Crippen LogP contribution in [-0.2, 0) is 0 Å². The van der Waals surface area contributed by atoms with Crippen LogP contribution in [0.1, 0.15) is 56.1 Å². The van der Waals surface area contributed by atoms with Crippen molar-refractivity contribution in [2.45, 2.75) is 53.0 Å². The average molecular weight is 367 g/mol. The zero-order valence-corrected chi connectivity index (χ0v) is 17.0. The zero-order valence-electron chi connectivity index (χ0n) is 17.0. The number of ether oxygens (including phenoxy) is 1. The number of aromatic nitrogens is 2. The molecule has 1 amide bonds. The SMILES string of the molecule is COc1ccc(-n2ncc(C(=O)N3CC4(C)CC3CC(C)(C)C4)c2C)cc1. The highest BCUT2D eigenvalue weighted by Crippen LogP contribution is 2.52. The first-order valence-corrected chi connectivity index (χ1v) is 9.71. The summed E-state index contributed by atoms with van der Waals surface area (Å²) in [7, 11) is 1.65. The molecule has 2 aromatic rings. The maximum absolute atomic E-state index is 13.4. The summed E-state index contributed by atoms with van der Waals surface area (Å²) >= 11 is 0. The maximum Gasteiger partial charge on any atom is 0.257 e. The van der Waals surface area contributed by atoms with E-state index in [2.05, 4.69) is 30.8 Å². The average Bonchev–Trinajstić information content (AvgIpc) is 3.10. The Morgan fingerprint density at radius 1 is 1.19 bits per heavy atom. The van der Waals surface area contributed by atoms with E-state index in [-0.39, 0.29) is 11.3 Å². The number of amides is 1. The Morgan fingerprint density at radius 3 is 2.56 bits per heavy atom. The summed E-state index contributed by atoms with van der Waals surface area (Å²) in [6.07, 6.45) is 5.11. The summed E-state index contributed by atoms with van der Waals surface area (Å²) in [6.45, 7) is 9.82. The highest BCUT2D eigenvalue weighted by atomic mass is 16.5. The smallest absolute Gasteiger partial charge is 0.257 e. The Labute approximate surface area is 161 Å². The quantitative estimate of drug-likeness (QED) is 0.816. The lowest BCUT2D eigenvalue weighted by atomic mass is 9.65. The fourth-order valence-corrected chi connectivity index (χ4v) is 5.46. The second-order valence-corrected chi connectivity index (χ2v) is 9.40. The second kappa shape index (κ2) is 6.11. The van der Waals surface area contributed by atoms with Gasteiger partial charge in [0.2, 0.25) is 0 Å². The van der Waals surface area contributed by atoms with Crippen LogP contribution in [0.15, 0.2) is 30.5 Å². The van der Waals surface area contributed by atoms with Gasteiger partial charge in [-0.1, -0.05) is 20.8 Å². The fourth-order valence-electron chi connectivity index (χ4n) is 5.46. The first kappa shape index (κ1) is 18.1. The monoisotopic (exact) mass is 367 g/mol. The van der Waals surface area contributed by atoms with E-state index in [4.69, 9.17) is 4.74 Å². The van der Waals surface area contributed by atoms with Crippen LogP contribution in [0.25, 0.3) is 5.69 Å². The molecule has 4 rings (SSSR count). The summed E-state index contributed by atoms with van der Waals surface area (Å²) in [5.41, 5.74) is 3.06. The van der Waals surface area contributed by atoms with Crippen molar-refractivity contribution in [3.63, 3.8) is 0 Å². The van der Waals surface area contributed by atoms with Gasteiger partial charge in [-0.3, -0.25) is 4.79 Å². The number of hydrogen-bond acceptors (Lipinski definition) is 3. The van der Waals surface area contributed by atoms with Crippen molar-refractivity contribution in [1.82, 2.24) is 14.7 Å². The fraction of sp³-hybridized carbons (Fsp3) is 0.545. The molecule has 1 aromatic heterocycles. The maximum atomic E-state index is 13.4. The van der Waals surface area contributed by atoms with Crippen LogP contribution < -0.4 is 4.74 Å². The molecule has 27 heavy (non-hydrogen) atoms. The first-order chi connectivity index (χ1) is 12.7. The molecule has 1 saturated heterocycles. The van der Waals surface area contributed by atoms with E-state index in [9.17, 15) is 4.79 Å². The van der Waals surface area contributed by atoms with Gasteiger partial charge in [0.15, 0.2) is 0 Å². The molecule has 2 unspecified atom stereocenters. The van der Waals surface area contributed by atoms with Crippen molar-refractivity contribution in [1.29, 1.82) is 0 Å². The third-order valence-corrected chi connectivity index (χ3v) is 6.23. The summed E-state index contributed by atoms with van der Waals surface area (Å²) in [4.78, 5) is 15.5. The van der Waals surface area contributed by atoms with Gasteiger partial charge < -0.3 is 9.64 Å². The van der Waals surface area contributed by atoms with E-state index in [1.807, 2.05) is 35.9 Å². The van der Waals surface area contributed by atoms with Crippen LogP contribution in [0.4, 0.5) is 0 Å². The molecule has 2 fully saturated rings. The minimum Gasteiger partial charge on any atom is -0.497 e. The predicted octanol–water partition coefficient (Wildman–Crippen LogP) is 4.23. The van der Waals surface area contributed by atoms with Crippen molar-refractivity contribution < 1.29 is 9.53 Å². The van der Waals surface area contributed by atoms with Gasteiger partial charge in [-0.25, -0.2) is 4.68 Å². The molecule has 5 heteroatoms. The lowest BCUT2D eigenvalue weighted by Gasteiger charge is -2.39. The van der Waals surface area contributed by atoms with E-state index < -0.39 is 0 Å². The van der Waals surface area contributed by atoms with Crippen LogP contribution in [0.5, 0.6) is 5.75 Å². The van der Waals surface area contributed by atoms with E-state index in [0.717, 1.165) is 36.5 Å². The number of carbonyl (C=O) groups is 1. The minimum absolute atomic E-state index is 0.124. The third-order valence-electron chi connectivity index (χ3n) is 6.23. The number of hydrogen-bond donors (Lipinski definition) is 0. The van der Waals surface area contributed by atoms with Crippen molar-refractivity contribution in [3.05, 3.63) is 41.7 Å². The van der Waals surface area contributed by atoms with Gasteiger partial charge in [0.1, 0.15) is 5.75 Å². The molecule has 144 valence electrons. The number of nitrogens with zero attached hydrogens (tertiary/aromatic N) is 3. The molecule has 2 aliphatic rings. The molecule has 1 aliphatic heterocycles. The number of carbonyl (C=O) groups excluding carboxylic acids is 1. The van der Waals surface area contributed by atoms with Gasteiger partial charge in [-0.2, -0.15) is 5.10 Å². The van der Waals surface area contributed by atoms with E-state index >= 15 is 0 Å². The number of methoxy groups -OCH3 is 1.